The number of aromatic hydroxyl groups is 1. The van der Waals surface area contributed by atoms with Crippen LogP contribution in [0.15, 0.2) is 58.7 Å². The Hall–Kier alpha value is -3.80. The van der Waals surface area contributed by atoms with Crippen LogP contribution in [0.25, 0.3) is 16.4 Å². The topological polar surface area (TPSA) is 117 Å². The molecule has 0 unspecified atom stereocenters. The van der Waals surface area contributed by atoms with Crippen molar-refractivity contribution in [3.8, 4) is 5.75 Å². The van der Waals surface area contributed by atoms with Crippen LogP contribution in [-0.4, -0.2) is 43.2 Å². The van der Waals surface area contributed by atoms with Gasteiger partial charge in [-0.2, -0.15) is 18.3 Å². The molecule has 0 spiro atoms. The fourth-order valence-electron chi connectivity index (χ4n) is 3.20. The van der Waals surface area contributed by atoms with Crippen LogP contribution in [0.4, 0.5) is 13.2 Å². The number of halogens is 3. The second-order valence-corrected chi connectivity index (χ2v) is 7.63. The highest BCUT2D eigenvalue weighted by atomic mass is 32.2. The van der Waals surface area contributed by atoms with E-state index < -0.39 is 35.9 Å². The first-order valence-electron chi connectivity index (χ1n) is 8.99. The van der Waals surface area contributed by atoms with Crippen molar-refractivity contribution >= 4 is 40.1 Å². The number of nitrogens with zero attached hydrogens (tertiary/aromatic N) is 3. The molecule has 32 heavy (non-hydrogen) atoms. The molecule has 8 nitrogen and oxygen atoms in total. The van der Waals surface area contributed by atoms with Gasteiger partial charge in [0.05, 0.1) is 5.56 Å². The summed E-state index contributed by atoms with van der Waals surface area (Å²) in [6.07, 6.45) is -3.39. The van der Waals surface area contributed by atoms with E-state index in [1.165, 1.54) is 28.8 Å². The molecule has 0 atom stereocenters. The smallest absolute Gasteiger partial charge is 0.417 e. The lowest BCUT2D eigenvalue weighted by atomic mass is 10.0. The van der Waals surface area contributed by atoms with Crippen molar-refractivity contribution in [3.63, 3.8) is 0 Å². The number of pyridine rings is 1. The maximum Gasteiger partial charge on any atom is 0.417 e. The third-order valence-corrected chi connectivity index (χ3v) is 5.60. The third-order valence-electron chi connectivity index (χ3n) is 4.53. The standard InChI is InChI=1S/C20H13F3N4O4S/c21-20(22,23)12-5-1-4-11-10(12)3-2-6-14(11)32-15-7-13(28)17(18-25-9-26-27(15)18)19(31)24-8-16(29)30/h1-7,9,28H,8H2,(H,24,31)(H,29,30). The zero-order chi connectivity index (χ0) is 23.0. The lowest BCUT2D eigenvalue weighted by Gasteiger charge is -2.14. The second kappa shape index (κ2) is 8.04. The van der Waals surface area contributed by atoms with Crippen molar-refractivity contribution in [1.82, 2.24) is 19.9 Å². The van der Waals surface area contributed by atoms with Crippen LogP contribution < -0.4 is 5.32 Å². The van der Waals surface area contributed by atoms with Gasteiger partial charge >= 0.3 is 12.1 Å². The van der Waals surface area contributed by atoms with E-state index >= 15 is 0 Å². The normalized spacial score (nSPS) is 11.7. The number of aliphatic carboxylic acids is 1. The maximum absolute atomic E-state index is 13.4. The summed E-state index contributed by atoms with van der Waals surface area (Å²) in [7, 11) is 0. The van der Waals surface area contributed by atoms with Crippen LogP contribution in [0.1, 0.15) is 15.9 Å². The van der Waals surface area contributed by atoms with E-state index in [1.54, 1.807) is 12.1 Å². The minimum absolute atomic E-state index is 0.0220. The summed E-state index contributed by atoms with van der Waals surface area (Å²) in [4.78, 5) is 27.5. The van der Waals surface area contributed by atoms with Crippen LogP contribution in [0.3, 0.4) is 0 Å². The average Bonchev–Trinajstić information content (AvgIpc) is 3.21. The second-order valence-electron chi connectivity index (χ2n) is 6.57. The number of benzene rings is 2. The highest BCUT2D eigenvalue weighted by molar-refractivity contribution is 7.99. The average molecular weight is 462 g/mol. The lowest BCUT2D eigenvalue weighted by molar-refractivity contribution is -0.137. The minimum atomic E-state index is -4.52. The molecule has 0 aliphatic heterocycles. The number of carboxylic acids is 1. The molecule has 3 N–H and O–H groups in total. The molecular formula is C20H13F3N4O4S. The third kappa shape index (κ3) is 3.91. The molecule has 0 saturated heterocycles. The monoisotopic (exact) mass is 462 g/mol. The Bertz CT molecular complexity index is 1370. The van der Waals surface area contributed by atoms with Crippen molar-refractivity contribution in [1.29, 1.82) is 0 Å². The highest BCUT2D eigenvalue weighted by Gasteiger charge is 2.32. The van der Waals surface area contributed by atoms with E-state index in [4.69, 9.17) is 5.11 Å². The van der Waals surface area contributed by atoms with Crippen molar-refractivity contribution in [2.45, 2.75) is 16.1 Å². The SMILES string of the molecule is O=C(O)CNC(=O)c1c(O)cc(Sc2cccc3c(C(F)(F)F)cccc23)n2ncnc12. The summed E-state index contributed by atoms with van der Waals surface area (Å²) in [5, 5.41) is 26.0. The number of alkyl halides is 3. The predicted octanol–water partition coefficient (Wildman–Crippen LogP) is 3.57. The van der Waals surface area contributed by atoms with Gasteiger partial charge in [0.1, 0.15) is 29.2 Å². The van der Waals surface area contributed by atoms with Gasteiger partial charge in [-0.3, -0.25) is 9.59 Å². The first-order valence-corrected chi connectivity index (χ1v) is 9.81. The summed E-state index contributed by atoms with van der Waals surface area (Å²) < 4.78 is 41.4. The number of rotatable bonds is 5. The van der Waals surface area contributed by atoms with Gasteiger partial charge in [0.2, 0.25) is 0 Å². The summed E-state index contributed by atoms with van der Waals surface area (Å²) in [6.45, 7) is -0.660. The Kier molecular flexibility index (Phi) is 5.38. The van der Waals surface area contributed by atoms with Crippen molar-refractivity contribution in [2.75, 3.05) is 6.54 Å². The number of carboxylic acid groups (broad SMARTS) is 1. The molecule has 0 bridgehead atoms. The summed E-state index contributed by atoms with van der Waals surface area (Å²) in [5.74, 6) is -2.61. The number of aromatic nitrogens is 3. The lowest BCUT2D eigenvalue weighted by Crippen LogP contribution is -2.29. The Balaban J connectivity index is 1.79. The molecule has 0 saturated carbocycles. The van der Waals surface area contributed by atoms with Gasteiger partial charge in [-0.25, -0.2) is 9.50 Å². The van der Waals surface area contributed by atoms with Gasteiger partial charge in [0.25, 0.3) is 5.91 Å². The van der Waals surface area contributed by atoms with Gasteiger partial charge in [0.15, 0.2) is 5.65 Å². The minimum Gasteiger partial charge on any atom is -0.507 e. The molecule has 2 heterocycles. The molecule has 0 fully saturated rings. The zero-order valence-corrected chi connectivity index (χ0v) is 16.7. The number of nitrogens with one attached hydrogen (secondary N) is 1. The van der Waals surface area contributed by atoms with Gasteiger partial charge in [-0.1, -0.05) is 36.0 Å². The first kappa shape index (κ1) is 21.4. The molecule has 2 aromatic heterocycles. The van der Waals surface area contributed by atoms with Gasteiger partial charge in [-0.15, -0.1) is 0 Å². The number of hydrogen-bond donors (Lipinski definition) is 3. The Labute approximate surface area is 181 Å². The molecule has 164 valence electrons. The van der Waals surface area contributed by atoms with Crippen LogP contribution in [0.5, 0.6) is 5.75 Å². The number of hydrogen-bond acceptors (Lipinski definition) is 6. The summed E-state index contributed by atoms with van der Waals surface area (Å²) >= 11 is 1.03. The highest BCUT2D eigenvalue weighted by Crippen LogP contribution is 2.40. The van der Waals surface area contributed by atoms with Crippen LogP contribution in [0.2, 0.25) is 0 Å². The van der Waals surface area contributed by atoms with E-state index in [1.807, 2.05) is 0 Å². The molecule has 0 aliphatic rings. The van der Waals surface area contributed by atoms with E-state index in [9.17, 15) is 27.9 Å². The molecule has 1 amide bonds. The van der Waals surface area contributed by atoms with E-state index in [0.29, 0.717) is 10.3 Å². The zero-order valence-electron chi connectivity index (χ0n) is 15.9. The molecule has 4 aromatic rings. The molecule has 4 rings (SSSR count). The van der Waals surface area contributed by atoms with Crippen LogP contribution in [-0.2, 0) is 11.0 Å². The molecule has 2 aromatic carbocycles. The quantitative estimate of drug-likeness (QED) is 0.415. The van der Waals surface area contributed by atoms with Gasteiger partial charge in [0, 0.05) is 11.0 Å². The number of fused-ring (bicyclic) bond motifs is 2. The summed E-state index contributed by atoms with van der Waals surface area (Å²) in [6, 6.07) is 9.58. The number of carbonyl (C=O) groups excluding carboxylic acids is 1. The van der Waals surface area contributed by atoms with E-state index in [-0.39, 0.29) is 21.6 Å². The molecular weight excluding hydrogens is 449 g/mol. The summed E-state index contributed by atoms with van der Waals surface area (Å²) in [5.41, 5.74) is -1.08. The van der Waals surface area contributed by atoms with E-state index in [2.05, 4.69) is 15.4 Å². The molecule has 12 heteroatoms. The number of amides is 1. The Morgan fingerprint density at radius 3 is 2.56 bits per heavy atom. The Morgan fingerprint density at radius 1 is 1.12 bits per heavy atom. The van der Waals surface area contributed by atoms with Crippen molar-refractivity contribution in [3.05, 3.63) is 59.9 Å². The fraction of sp³-hybridized carbons (Fsp3) is 0.100. The van der Waals surface area contributed by atoms with Crippen molar-refractivity contribution < 1.29 is 33.0 Å². The fourth-order valence-corrected chi connectivity index (χ4v) is 4.25. The van der Waals surface area contributed by atoms with Gasteiger partial charge in [-0.05, 0) is 22.9 Å². The largest absolute Gasteiger partial charge is 0.507 e. The van der Waals surface area contributed by atoms with Gasteiger partial charge < -0.3 is 15.5 Å². The van der Waals surface area contributed by atoms with Crippen molar-refractivity contribution in [2.24, 2.45) is 0 Å². The van der Waals surface area contributed by atoms with E-state index in [0.717, 1.165) is 24.2 Å². The van der Waals surface area contributed by atoms with Crippen LogP contribution in [0, 0.1) is 0 Å². The maximum atomic E-state index is 13.4. The van der Waals surface area contributed by atoms with Crippen LogP contribution >= 0.6 is 11.8 Å². The molecule has 0 radical (unpaired) electrons. The first-order chi connectivity index (χ1) is 15.2. The molecule has 0 aliphatic carbocycles. The Morgan fingerprint density at radius 2 is 1.84 bits per heavy atom. The number of carbonyl (C=O) groups is 2. The predicted molar refractivity (Wildman–Crippen MR) is 108 cm³/mol.